The van der Waals surface area contributed by atoms with Gasteiger partial charge in [0.15, 0.2) is 0 Å². The van der Waals surface area contributed by atoms with E-state index in [1.165, 1.54) is 18.5 Å². The molecule has 0 aromatic carbocycles. The molecule has 127 valence electrons. The number of aromatic nitrogens is 2. The summed E-state index contributed by atoms with van der Waals surface area (Å²) in [5.41, 5.74) is 13.7. The second kappa shape index (κ2) is 10.4. The van der Waals surface area contributed by atoms with Gasteiger partial charge in [-0.15, -0.1) is 13.1 Å². The molecule has 0 bridgehead atoms. The van der Waals surface area contributed by atoms with E-state index in [4.69, 9.17) is 20.9 Å². The van der Waals surface area contributed by atoms with E-state index in [1.807, 2.05) is 0 Å². The standard InChI is InChI=1S/C11H12N5O.C4H8NO.Y/c1-14-9-4-8(6-16-11(9)13)17-7-2-3-15-10(12)5-7;1-6-4-2-5-3-4;/h2-6,14H,1H3,(H3-,12,13,15,16);4H,2-3H2,1H3;/q2*-1;. The molecular formula is C15H20N6O2Y-2. The monoisotopic (exact) mass is 405 g/mol. The fraction of sp³-hybridized carbons (Fsp3) is 0.333. The van der Waals surface area contributed by atoms with E-state index in [0.29, 0.717) is 29.1 Å². The van der Waals surface area contributed by atoms with Crippen LogP contribution in [0.3, 0.4) is 0 Å². The molecule has 0 aliphatic carbocycles. The molecule has 1 saturated heterocycles. The minimum Gasteiger partial charge on any atom is -0.658 e. The van der Waals surface area contributed by atoms with Gasteiger partial charge in [-0.1, -0.05) is 12.0 Å². The van der Waals surface area contributed by atoms with Crippen LogP contribution in [-0.2, 0) is 37.4 Å². The van der Waals surface area contributed by atoms with Crippen molar-refractivity contribution in [3.05, 3.63) is 41.6 Å². The van der Waals surface area contributed by atoms with E-state index in [2.05, 4.69) is 20.6 Å². The van der Waals surface area contributed by atoms with Gasteiger partial charge in [0.1, 0.15) is 17.3 Å². The van der Waals surface area contributed by atoms with Crippen LogP contribution < -0.4 is 15.8 Å². The number of ether oxygens (including phenoxy) is 2. The maximum absolute atomic E-state index is 7.38. The number of hydrogen-bond acceptors (Lipinski definition) is 6. The van der Waals surface area contributed by atoms with E-state index in [0.717, 1.165) is 13.1 Å². The van der Waals surface area contributed by atoms with Crippen molar-refractivity contribution < 1.29 is 42.2 Å². The Balaban J connectivity index is 0.000000349. The number of rotatable bonds is 4. The van der Waals surface area contributed by atoms with Crippen molar-refractivity contribution in [3.63, 3.8) is 0 Å². The zero-order valence-corrected chi connectivity index (χ0v) is 16.5. The van der Waals surface area contributed by atoms with E-state index in [9.17, 15) is 0 Å². The smallest absolute Gasteiger partial charge is 0.147 e. The summed E-state index contributed by atoms with van der Waals surface area (Å²) >= 11 is 0. The molecule has 0 spiro atoms. The van der Waals surface area contributed by atoms with Crippen LogP contribution in [0.1, 0.15) is 0 Å². The fourth-order valence-corrected chi connectivity index (χ4v) is 1.71. The second-order valence-corrected chi connectivity index (χ2v) is 4.78. The second-order valence-electron chi connectivity index (χ2n) is 4.78. The minimum atomic E-state index is 0. The molecule has 1 aliphatic heterocycles. The third kappa shape index (κ3) is 6.20. The molecule has 0 unspecified atom stereocenters. The van der Waals surface area contributed by atoms with Crippen LogP contribution >= 0.6 is 0 Å². The summed E-state index contributed by atoms with van der Waals surface area (Å²) in [5, 5.41) is 6.86. The Morgan fingerprint density at radius 3 is 2.54 bits per heavy atom. The molecule has 3 rings (SSSR count). The van der Waals surface area contributed by atoms with Crippen LogP contribution in [0, 0.1) is 0 Å². The molecule has 8 nitrogen and oxygen atoms in total. The number of methoxy groups -OCH3 is 1. The third-order valence-corrected chi connectivity index (χ3v) is 3.13. The largest absolute Gasteiger partial charge is 0.658 e. The van der Waals surface area contributed by atoms with E-state index in [-0.39, 0.29) is 38.5 Å². The van der Waals surface area contributed by atoms with Crippen molar-refractivity contribution in [3.8, 4) is 11.5 Å². The molecule has 4 N–H and O–H groups in total. The number of nitrogens with two attached hydrogens (primary N) is 1. The number of nitrogen functional groups attached to an aromatic ring is 1. The van der Waals surface area contributed by atoms with Gasteiger partial charge in [0, 0.05) is 59.0 Å². The van der Waals surface area contributed by atoms with Gasteiger partial charge in [-0.3, -0.25) is 0 Å². The number of nitrogens with zero attached hydrogens (tertiary/aromatic N) is 3. The SMILES string of the molecule is CNc1cc(Oc2ccnc([NH-])c2)cnc1N.COC1C[N-]C1.[Y]. The van der Waals surface area contributed by atoms with E-state index < -0.39 is 0 Å². The van der Waals surface area contributed by atoms with Crippen LogP contribution in [0.15, 0.2) is 30.6 Å². The normalized spacial score (nSPS) is 12.9. The first kappa shape index (κ1) is 20.6. The van der Waals surface area contributed by atoms with Crippen LogP contribution in [-0.4, -0.2) is 43.3 Å². The van der Waals surface area contributed by atoms with Crippen LogP contribution in [0.4, 0.5) is 17.3 Å². The van der Waals surface area contributed by atoms with Crippen molar-refractivity contribution >= 4 is 17.3 Å². The summed E-state index contributed by atoms with van der Waals surface area (Å²) in [6.45, 7) is 1.83. The number of hydrogen-bond donors (Lipinski definition) is 2. The Hall–Kier alpha value is -1.48. The number of anilines is 2. The van der Waals surface area contributed by atoms with Gasteiger partial charge < -0.3 is 36.6 Å². The Bertz CT molecular complexity index is 636. The molecule has 3 heterocycles. The summed E-state index contributed by atoms with van der Waals surface area (Å²) in [7, 11) is 3.48. The third-order valence-electron chi connectivity index (χ3n) is 3.13. The topological polar surface area (TPSA) is 120 Å². The molecule has 2 aromatic heterocycles. The Labute approximate surface area is 166 Å². The molecule has 2 aromatic rings. The summed E-state index contributed by atoms with van der Waals surface area (Å²) in [6, 6.07) is 4.94. The molecule has 0 amide bonds. The molecule has 24 heavy (non-hydrogen) atoms. The van der Waals surface area contributed by atoms with Crippen molar-refractivity contribution in [1.82, 2.24) is 9.97 Å². The average molecular weight is 405 g/mol. The fourth-order valence-electron chi connectivity index (χ4n) is 1.71. The average Bonchev–Trinajstić information content (AvgIpc) is 2.49. The Morgan fingerprint density at radius 2 is 2.04 bits per heavy atom. The van der Waals surface area contributed by atoms with Crippen LogP contribution in [0.2, 0.25) is 0 Å². The zero-order valence-electron chi connectivity index (χ0n) is 13.7. The van der Waals surface area contributed by atoms with Crippen molar-refractivity contribution in [1.29, 1.82) is 0 Å². The molecule has 1 fully saturated rings. The Kier molecular flexibility index (Phi) is 8.91. The van der Waals surface area contributed by atoms with Crippen LogP contribution in [0.5, 0.6) is 11.5 Å². The van der Waals surface area contributed by atoms with Gasteiger partial charge in [0.2, 0.25) is 0 Å². The first-order valence-corrected chi connectivity index (χ1v) is 7.07. The quantitative estimate of drug-likeness (QED) is 0.807. The van der Waals surface area contributed by atoms with Crippen molar-refractivity contribution in [2.24, 2.45) is 0 Å². The first-order valence-electron chi connectivity index (χ1n) is 7.07. The van der Waals surface area contributed by atoms with E-state index >= 15 is 0 Å². The van der Waals surface area contributed by atoms with Crippen molar-refractivity contribution in [2.45, 2.75) is 6.10 Å². The van der Waals surface area contributed by atoms with Gasteiger partial charge in [-0.05, 0) is 12.1 Å². The minimum absolute atomic E-state index is 0. The first-order chi connectivity index (χ1) is 11.1. The van der Waals surface area contributed by atoms with Gasteiger partial charge >= 0.3 is 0 Å². The Morgan fingerprint density at radius 1 is 1.29 bits per heavy atom. The molecular weight excluding hydrogens is 385 g/mol. The van der Waals surface area contributed by atoms with Gasteiger partial charge in [-0.25, -0.2) is 4.98 Å². The predicted molar refractivity (Wildman–Crippen MR) is 90.4 cm³/mol. The van der Waals surface area contributed by atoms with Gasteiger partial charge in [-0.2, -0.15) is 0 Å². The summed E-state index contributed by atoms with van der Waals surface area (Å²) in [4.78, 5) is 7.76. The van der Waals surface area contributed by atoms with Crippen LogP contribution in [0.25, 0.3) is 11.1 Å². The summed E-state index contributed by atoms with van der Waals surface area (Å²) in [6.07, 6.45) is 3.49. The van der Waals surface area contributed by atoms with Gasteiger partial charge in [0.25, 0.3) is 0 Å². The molecule has 9 heteroatoms. The maximum Gasteiger partial charge on any atom is 0.147 e. The number of pyridine rings is 2. The molecule has 1 radical (unpaired) electrons. The van der Waals surface area contributed by atoms with Gasteiger partial charge in [0.05, 0.1) is 11.9 Å². The zero-order chi connectivity index (χ0) is 16.7. The number of nitrogens with one attached hydrogen (secondary N) is 2. The molecule has 0 saturated carbocycles. The van der Waals surface area contributed by atoms with E-state index in [1.54, 1.807) is 26.3 Å². The molecule has 1 aliphatic rings. The summed E-state index contributed by atoms with van der Waals surface area (Å²) in [5.74, 6) is 1.66. The predicted octanol–water partition coefficient (Wildman–Crippen LogP) is 2.96. The summed E-state index contributed by atoms with van der Waals surface area (Å²) < 4.78 is 10.4. The molecule has 0 atom stereocenters. The van der Waals surface area contributed by atoms with Crippen molar-refractivity contribution in [2.75, 3.05) is 38.3 Å². The maximum atomic E-state index is 7.38.